The number of ether oxygens (including phenoxy) is 1. The highest BCUT2D eigenvalue weighted by molar-refractivity contribution is 9.10. The maximum Gasteiger partial charge on any atom is 0.199 e. The minimum absolute atomic E-state index is 0.00677. The third kappa shape index (κ3) is 6.00. The number of rotatable bonds is 7. The fourth-order valence-electron chi connectivity index (χ4n) is 3.03. The lowest BCUT2D eigenvalue weighted by Gasteiger charge is -2.09. The molecule has 0 bridgehead atoms. The van der Waals surface area contributed by atoms with Crippen LogP contribution in [0.4, 0.5) is 0 Å². The fourth-order valence-corrected chi connectivity index (χ4v) is 4.22. The molecule has 0 N–H and O–H groups in total. The molecule has 4 rings (SSSR count). The van der Waals surface area contributed by atoms with Crippen molar-refractivity contribution in [1.82, 2.24) is 0 Å². The summed E-state index contributed by atoms with van der Waals surface area (Å²) >= 11 is 4.91. The number of hydrogen-bond acceptors (Lipinski definition) is 3. The topological polar surface area (TPSA) is 26.3 Å². The molecule has 0 aliphatic heterocycles. The molecule has 0 fully saturated rings. The number of benzene rings is 4. The number of para-hydroxylation sites is 1. The van der Waals surface area contributed by atoms with Crippen molar-refractivity contribution in [2.75, 3.05) is 0 Å². The largest absolute Gasteiger partial charge is 0.457 e. The Bertz CT molecular complexity index is 1210. The van der Waals surface area contributed by atoms with Crippen LogP contribution < -0.4 is 4.74 Å². The molecule has 2 nitrogen and oxygen atoms in total. The van der Waals surface area contributed by atoms with Crippen molar-refractivity contribution in [1.29, 1.82) is 0 Å². The maximum atomic E-state index is 13.3. The van der Waals surface area contributed by atoms with E-state index in [2.05, 4.69) is 35.0 Å². The lowest BCUT2D eigenvalue weighted by molar-refractivity contribution is 0.104. The van der Waals surface area contributed by atoms with Crippen LogP contribution in [0.5, 0.6) is 11.5 Å². The summed E-state index contributed by atoms with van der Waals surface area (Å²) in [5.41, 5.74) is 2.78. The molecule has 0 saturated carbocycles. The van der Waals surface area contributed by atoms with Crippen LogP contribution in [0.15, 0.2) is 117 Å². The zero-order chi connectivity index (χ0) is 22.3. The number of carbonyl (C=O) groups is 1. The Balaban J connectivity index is 1.61. The van der Waals surface area contributed by atoms with Crippen molar-refractivity contribution in [2.45, 2.75) is 11.8 Å². The van der Waals surface area contributed by atoms with Crippen LogP contribution in [0.2, 0.25) is 0 Å². The number of aryl methyl sites for hydroxylation is 1. The van der Waals surface area contributed by atoms with E-state index in [9.17, 15) is 4.79 Å². The molecule has 4 aromatic carbocycles. The molecular formula is C28H21BrO2S. The number of ketones is 1. The SMILES string of the molecule is Cc1ccc(SC(=Cc2ccc(Oc3ccccc3)cc2)C(=O)c2ccc(Br)cc2)cc1. The van der Waals surface area contributed by atoms with E-state index in [0.29, 0.717) is 10.5 Å². The van der Waals surface area contributed by atoms with E-state index in [1.165, 1.54) is 17.3 Å². The van der Waals surface area contributed by atoms with Gasteiger partial charge in [-0.05, 0) is 79.2 Å². The standard InChI is InChI=1S/C28H21BrO2S/c1-20-7-17-26(18-8-20)32-27(28(30)22-11-13-23(29)14-12-22)19-21-9-15-25(16-10-21)31-24-5-3-2-4-6-24/h2-19H,1H3. The molecule has 32 heavy (non-hydrogen) atoms. The van der Waals surface area contributed by atoms with Gasteiger partial charge in [-0.15, -0.1) is 0 Å². The van der Waals surface area contributed by atoms with E-state index < -0.39 is 0 Å². The van der Waals surface area contributed by atoms with Crippen LogP contribution in [0.3, 0.4) is 0 Å². The van der Waals surface area contributed by atoms with Gasteiger partial charge < -0.3 is 4.74 Å². The molecule has 4 aromatic rings. The van der Waals surface area contributed by atoms with Gasteiger partial charge in [-0.2, -0.15) is 0 Å². The Morgan fingerprint density at radius 2 is 1.41 bits per heavy atom. The Morgan fingerprint density at radius 1 is 0.781 bits per heavy atom. The van der Waals surface area contributed by atoms with Crippen LogP contribution in [0, 0.1) is 6.92 Å². The normalized spacial score (nSPS) is 11.2. The summed E-state index contributed by atoms with van der Waals surface area (Å²) in [5.74, 6) is 1.53. The number of halogens is 1. The molecule has 0 aliphatic carbocycles. The molecule has 0 radical (unpaired) electrons. The first kappa shape index (κ1) is 22.1. The van der Waals surface area contributed by atoms with Crippen LogP contribution in [0.1, 0.15) is 21.5 Å². The minimum Gasteiger partial charge on any atom is -0.457 e. The van der Waals surface area contributed by atoms with Crippen molar-refractivity contribution < 1.29 is 9.53 Å². The Hall–Kier alpha value is -3.08. The predicted molar refractivity (Wildman–Crippen MR) is 136 cm³/mol. The summed E-state index contributed by atoms with van der Waals surface area (Å²) in [4.78, 5) is 15.0. The molecule has 158 valence electrons. The second-order valence-electron chi connectivity index (χ2n) is 7.24. The number of hydrogen-bond donors (Lipinski definition) is 0. The second kappa shape index (κ2) is 10.5. The van der Waals surface area contributed by atoms with E-state index in [-0.39, 0.29) is 5.78 Å². The molecule has 0 heterocycles. The van der Waals surface area contributed by atoms with Crippen molar-refractivity contribution in [3.63, 3.8) is 0 Å². The molecule has 0 aliphatic rings. The first-order valence-corrected chi connectivity index (χ1v) is 11.8. The highest BCUT2D eigenvalue weighted by Gasteiger charge is 2.14. The van der Waals surface area contributed by atoms with E-state index in [1.54, 1.807) is 0 Å². The molecule has 4 heteroatoms. The molecule has 0 aromatic heterocycles. The molecule has 0 saturated heterocycles. The van der Waals surface area contributed by atoms with Gasteiger partial charge in [-0.1, -0.05) is 75.7 Å². The summed E-state index contributed by atoms with van der Waals surface area (Å²) in [6.07, 6.45) is 1.93. The third-order valence-corrected chi connectivity index (χ3v) is 6.30. The van der Waals surface area contributed by atoms with Gasteiger partial charge in [0.1, 0.15) is 11.5 Å². The van der Waals surface area contributed by atoms with E-state index >= 15 is 0 Å². The van der Waals surface area contributed by atoms with Gasteiger partial charge in [0.2, 0.25) is 0 Å². The monoisotopic (exact) mass is 500 g/mol. The van der Waals surface area contributed by atoms with Crippen molar-refractivity contribution in [3.05, 3.63) is 129 Å². The summed E-state index contributed by atoms with van der Waals surface area (Å²) in [5, 5.41) is 0. The van der Waals surface area contributed by atoms with Gasteiger partial charge in [0.05, 0.1) is 4.91 Å². The molecule has 0 spiro atoms. The van der Waals surface area contributed by atoms with Crippen LogP contribution >= 0.6 is 27.7 Å². The van der Waals surface area contributed by atoms with Gasteiger partial charge in [0, 0.05) is 14.9 Å². The molecular weight excluding hydrogens is 480 g/mol. The van der Waals surface area contributed by atoms with Gasteiger partial charge >= 0.3 is 0 Å². The first-order chi connectivity index (χ1) is 15.6. The van der Waals surface area contributed by atoms with E-state index in [4.69, 9.17) is 4.74 Å². The number of thioether (sulfide) groups is 1. The lowest BCUT2D eigenvalue weighted by atomic mass is 10.1. The summed E-state index contributed by atoms with van der Waals surface area (Å²) < 4.78 is 6.82. The summed E-state index contributed by atoms with van der Waals surface area (Å²) in [7, 11) is 0. The zero-order valence-electron chi connectivity index (χ0n) is 17.5. The number of Topliss-reactive ketones (excluding diaryl/α,β-unsaturated/α-hetero) is 1. The maximum absolute atomic E-state index is 13.3. The fraction of sp³-hybridized carbons (Fsp3) is 0.0357. The lowest BCUT2D eigenvalue weighted by Crippen LogP contribution is -2.01. The van der Waals surface area contributed by atoms with Crippen molar-refractivity contribution in [3.8, 4) is 11.5 Å². The number of allylic oxidation sites excluding steroid dienone is 1. The average molecular weight is 501 g/mol. The van der Waals surface area contributed by atoms with E-state index in [1.807, 2.05) is 97.1 Å². The van der Waals surface area contributed by atoms with E-state index in [0.717, 1.165) is 26.4 Å². The Morgan fingerprint density at radius 3 is 2.06 bits per heavy atom. The third-order valence-electron chi connectivity index (χ3n) is 4.74. The van der Waals surface area contributed by atoms with Gasteiger partial charge in [-0.25, -0.2) is 0 Å². The summed E-state index contributed by atoms with van der Waals surface area (Å²) in [6.45, 7) is 2.05. The van der Waals surface area contributed by atoms with Crippen molar-refractivity contribution in [2.24, 2.45) is 0 Å². The molecule has 0 atom stereocenters. The highest BCUT2D eigenvalue weighted by atomic mass is 79.9. The smallest absolute Gasteiger partial charge is 0.199 e. The zero-order valence-corrected chi connectivity index (χ0v) is 19.9. The van der Waals surface area contributed by atoms with Gasteiger partial charge in [0.25, 0.3) is 0 Å². The predicted octanol–water partition coefficient (Wildman–Crippen LogP) is 8.57. The Labute approximate surface area is 201 Å². The molecule has 0 amide bonds. The van der Waals surface area contributed by atoms with Crippen LogP contribution in [-0.2, 0) is 0 Å². The Kier molecular flexibility index (Phi) is 7.25. The average Bonchev–Trinajstić information content (AvgIpc) is 2.82. The molecule has 0 unspecified atom stereocenters. The minimum atomic E-state index is -0.00677. The van der Waals surface area contributed by atoms with Crippen LogP contribution in [-0.4, -0.2) is 5.78 Å². The number of carbonyl (C=O) groups excluding carboxylic acids is 1. The van der Waals surface area contributed by atoms with Gasteiger partial charge in [-0.3, -0.25) is 4.79 Å². The van der Waals surface area contributed by atoms with Gasteiger partial charge in [0.15, 0.2) is 5.78 Å². The van der Waals surface area contributed by atoms with Crippen molar-refractivity contribution >= 4 is 39.6 Å². The van der Waals surface area contributed by atoms with Crippen LogP contribution in [0.25, 0.3) is 6.08 Å². The first-order valence-electron chi connectivity index (χ1n) is 10.2. The summed E-state index contributed by atoms with van der Waals surface area (Å²) in [6, 6.07) is 33.1. The quantitative estimate of drug-likeness (QED) is 0.144. The highest BCUT2D eigenvalue weighted by Crippen LogP contribution is 2.32. The second-order valence-corrected chi connectivity index (χ2v) is 9.27.